The van der Waals surface area contributed by atoms with Crippen molar-refractivity contribution < 1.29 is 4.79 Å². The maximum absolute atomic E-state index is 11.9. The third kappa shape index (κ3) is 2.83. The lowest BCUT2D eigenvalue weighted by molar-refractivity contribution is -0.115. The summed E-state index contributed by atoms with van der Waals surface area (Å²) in [6.45, 7) is 0. The zero-order valence-corrected chi connectivity index (χ0v) is 11.1. The molecular weight excluding hydrogens is 254 g/mol. The van der Waals surface area contributed by atoms with Crippen LogP contribution in [0.5, 0.6) is 0 Å². The first-order valence-electron chi connectivity index (χ1n) is 6.12. The number of rotatable bonds is 3. The Kier molecular flexibility index (Phi) is 3.29. The minimum absolute atomic E-state index is 0.0257. The largest absolute Gasteiger partial charge is 0.326 e. The molecule has 3 heteroatoms. The average molecular weight is 267 g/mol. The average Bonchev–Trinajstić information content (AvgIpc) is 2.91. The van der Waals surface area contributed by atoms with Crippen LogP contribution >= 0.6 is 11.3 Å². The van der Waals surface area contributed by atoms with E-state index in [1.807, 2.05) is 53.9 Å². The van der Waals surface area contributed by atoms with Crippen molar-refractivity contribution in [3.05, 3.63) is 64.9 Å². The summed E-state index contributed by atoms with van der Waals surface area (Å²) in [6.07, 6.45) is 0.435. The Balaban J connectivity index is 1.75. The van der Waals surface area contributed by atoms with Crippen LogP contribution in [0.3, 0.4) is 0 Å². The first-order valence-corrected chi connectivity index (χ1v) is 7.00. The van der Waals surface area contributed by atoms with Crippen molar-refractivity contribution in [2.24, 2.45) is 0 Å². The third-order valence-corrected chi connectivity index (χ3v) is 3.82. The van der Waals surface area contributed by atoms with E-state index in [4.69, 9.17) is 0 Å². The molecule has 0 atom stereocenters. The summed E-state index contributed by atoms with van der Waals surface area (Å²) < 4.78 is 0. The fourth-order valence-electron chi connectivity index (χ4n) is 2.04. The van der Waals surface area contributed by atoms with Gasteiger partial charge in [-0.25, -0.2) is 0 Å². The zero-order chi connectivity index (χ0) is 13.1. The maximum atomic E-state index is 11.9. The standard InChI is InChI=1S/C16H13NOS/c18-16(11-15-6-3-9-19-15)17-14-8-7-12-4-1-2-5-13(12)10-14/h1-10H,11H2,(H,17,18). The van der Waals surface area contributed by atoms with Gasteiger partial charge in [-0.15, -0.1) is 11.3 Å². The van der Waals surface area contributed by atoms with Crippen LogP contribution in [0.15, 0.2) is 60.0 Å². The van der Waals surface area contributed by atoms with Crippen molar-refractivity contribution >= 4 is 33.7 Å². The number of fused-ring (bicyclic) bond motifs is 1. The first kappa shape index (κ1) is 11.9. The number of hydrogen-bond donors (Lipinski definition) is 1. The first-order chi connectivity index (χ1) is 9.31. The summed E-state index contributed by atoms with van der Waals surface area (Å²) in [7, 11) is 0. The lowest BCUT2D eigenvalue weighted by Crippen LogP contribution is -2.13. The summed E-state index contributed by atoms with van der Waals surface area (Å²) >= 11 is 1.60. The lowest BCUT2D eigenvalue weighted by atomic mass is 10.1. The van der Waals surface area contributed by atoms with Crippen LogP contribution in [0, 0.1) is 0 Å². The highest BCUT2D eigenvalue weighted by Gasteiger charge is 2.05. The normalized spacial score (nSPS) is 10.5. The van der Waals surface area contributed by atoms with E-state index in [2.05, 4.69) is 11.4 Å². The van der Waals surface area contributed by atoms with Crippen LogP contribution in [0.1, 0.15) is 4.88 Å². The number of thiophene rings is 1. The van der Waals surface area contributed by atoms with E-state index in [1.165, 1.54) is 5.39 Å². The zero-order valence-electron chi connectivity index (χ0n) is 10.3. The Labute approximate surface area is 115 Å². The molecule has 0 aliphatic rings. The van der Waals surface area contributed by atoms with E-state index in [-0.39, 0.29) is 5.91 Å². The Hall–Kier alpha value is -2.13. The fraction of sp³-hybridized carbons (Fsp3) is 0.0625. The Morgan fingerprint density at radius 1 is 1.00 bits per heavy atom. The SMILES string of the molecule is O=C(Cc1cccs1)Nc1ccc2ccccc2c1. The molecule has 3 rings (SSSR count). The van der Waals surface area contributed by atoms with Crippen molar-refractivity contribution in [3.8, 4) is 0 Å². The molecule has 0 aliphatic heterocycles. The van der Waals surface area contributed by atoms with Crippen LogP contribution in [0.4, 0.5) is 5.69 Å². The molecule has 0 saturated carbocycles. The number of anilines is 1. The summed E-state index contributed by atoms with van der Waals surface area (Å²) in [5.74, 6) is 0.0257. The second-order valence-electron chi connectivity index (χ2n) is 4.37. The molecule has 2 aromatic carbocycles. The van der Waals surface area contributed by atoms with Crippen molar-refractivity contribution in [1.29, 1.82) is 0 Å². The van der Waals surface area contributed by atoms with Gasteiger partial charge in [0.05, 0.1) is 6.42 Å². The molecule has 19 heavy (non-hydrogen) atoms. The smallest absolute Gasteiger partial charge is 0.229 e. The number of carbonyl (C=O) groups is 1. The highest BCUT2D eigenvalue weighted by atomic mass is 32.1. The molecule has 1 amide bonds. The van der Waals surface area contributed by atoms with Gasteiger partial charge in [-0.3, -0.25) is 4.79 Å². The molecule has 0 radical (unpaired) electrons. The van der Waals surface area contributed by atoms with Crippen molar-refractivity contribution in [2.75, 3.05) is 5.32 Å². The van der Waals surface area contributed by atoms with E-state index < -0.39 is 0 Å². The van der Waals surface area contributed by atoms with E-state index >= 15 is 0 Å². The van der Waals surface area contributed by atoms with Crippen molar-refractivity contribution in [1.82, 2.24) is 0 Å². The number of hydrogen-bond acceptors (Lipinski definition) is 2. The van der Waals surface area contributed by atoms with Gasteiger partial charge in [-0.2, -0.15) is 0 Å². The van der Waals surface area contributed by atoms with E-state index in [1.54, 1.807) is 11.3 Å². The highest BCUT2D eigenvalue weighted by molar-refractivity contribution is 7.10. The molecule has 0 fully saturated rings. The van der Waals surface area contributed by atoms with Gasteiger partial charge in [-0.05, 0) is 34.4 Å². The number of nitrogens with one attached hydrogen (secondary N) is 1. The van der Waals surface area contributed by atoms with Gasteiger partial charge >= 0.3 is 0 Å². The maximum Gasteiger partial charge on any atom is 0.229 e. The number of benzene rings is 2. The number of amides is 1. The molecule has 1 aromatic heterocycles. The Morgan fingerprint density at radius 3 is 2.63 bits per heavy atom. The second kappa shape index (κ2) is 5.24. The van der Waals surface area contributed by atoms with Crippen molar-refractivity contribution in [3.63, 3.8) is 0 Å². The third-order valence-electron chi connectivity index (χ3n) is 2.95. The van der Waals surface area contributed by atoms with Gasteiger partial charge in [0.25, 0.3) is 0 Å². The van der Waals surface area contributed by atoms with Crippen molar-refractivity contribution in [2.45, 2.75) is 6.42 Å². The molecular formula is C16H13NOS. The van der Waals surface area contributed by atoms with Crippen LogP contribution in [0.2, 0.25) is 0 Å². The topological polar surface area (TPSA) is 29.1 Å². The highest BCUT2D eigenvalue weighted by Crippen LogP contribution is 2.19. The summed E-state index contributed by atoms with van der Waals surface area (Å²) in [4.78, 5) is 13.0. The monoisotopic (exact) mass is 267 g/mol. The van der Waals surface area contributed by atoms with Gasteiger partial charge in [0.1, 0.15) is 0 Å². The molecule has 0 unspecified atom stereocenters. The molecule has 1 heterocycles. The molecule has 0 bridgehead atoms. The molecule has 0 spiro atoms. The number of carbonyl (C=O) groups excluding carboxylic acids is 1. The van der Waals surface area contributed by atoms with E-state index in [9.17, 15) is 4.79 Å². The Morgan fingerprint density at radius 2 is 1.84 bits per heavy atom. The van der Waals surface area contributed by atoms with Crippen LogP contribution < -0.4 is 5.32 Å². The predicted octanol–water partition coefficient (Wildman–Crippen LogP) is 4.08. The lowest BCUT2D eigenvalue weighted by Gasteiger charge is -2.06. The molecule has 3 aromatic rings. The predicted molar refractivity (Wildman–Crippen MR) is 80.6 cm³/mol. The molecule has 1 N–H and O–H groups in total. The summed E-state index contributed by atoms with van der Waals surface area (Å²) in [5, 5.41) is 7.24. The van der Waals surface area contributed by atoms with Gasteiger partial charge < -0.3 is 5.32 Å². The summed E-state index contributed by atoms with van der Waals surface area (Å²) in [6, 6.07) is 18.0. The van der Waals surface area contributed by atoms with Gasteiger partial charge in [0, 0.05) is 10.6 Å². The minimum Gasteiger partial charge on any atom is -0.326 e. The van der Waals surface area contributed by atoms with Crippen LogP contribution in [0.25, 0.3) is 10.8 Å². The molecule has 0 aliphatic carbocycles. The van der Waals surface area contributed by atoms with Crippen LogP contribution in [-0.2, 0) is 11.2 Å². The summed E-state index contributed by atoms with van der Waals surface area (Å²) in [5.41, 5.74) is 0.847. The molecule has 94 valence electrons. The quantitative estimate of drug-likeness (QED) is 0.761. The fourth-order valence-corrected chi connectivity index (χ4v) is 2.75. The van der Waals surface area contributed by atoms with Crippen LogP contribution in [-0.4, -0.2) is 5.91 Å². The van der Waals surface area contributed by atoms with E-state index in [0.29, 0.717) is 6.42 Å². The Bertz CT molecular complexity index is 704. The minimum atomic E-state index is 0.0257. The van der Waals surface area contributed by atoms with Gasteiger partial charge in [-0.1, -0.05) is 36.4 Å². The second-order valence-corrected chi connectivity index (χ2v) is 5.40. The van der Waals surface area contributed by atoms with E-state index in [0.717, 1.165) is 16.0 Å². The van der Waals surface area contributed by atoms with Gasteiger partial charge in [0.15, 0.2) is 0 Å². The van der Waals surface area contributed by atoms with Gasteiger partial charge in [0.2, 0.25) is 5.91 Å². The molecule has 2 nitrogen and oxygen atoms in total. The molecule has 0 saturated heterocycles.